The predicted octanol–water partition coefficient (Wildman–Crippen LogP) is 3.90. The molecule has 1 unspecified atom stereocenters. The minimum atomic E-state index is -0.643. The van der Waals surface area contributed by atoms with Crippen LogP contribution in [-0.2, 0) is 4.79 Å². The number of hydrogen-bond donors (Lipinski definition) is 4. The van der Waals surface area contributed by atoms with Gasteiger partial charge in [0.2, 0.25) is 11.9 Å². The molecule has 0 radical (unpaired) electrons. The van der Waals surface area contributed by atoms with E-state index in [0.717, 1.165) is 5.52 Å². The Bertz CT molecular complexity index is 1640. The largest absolute Gasteiger partial charge is 0.507 e. The molecule has 2 amide bonds. The Labute approximate surface area is 204 Å². The van der Waals surface area contributed by atoms with Crippen molar-refractivity contribution in [2.45, 2.75) is 12.8 Å². The molecule has 3 aromatic carbocycles. The molecule has 5 rings (SSSR count). The fourth-order valence-electron chi connectivity index (χ4n) is 4.10. The number of carbonyl (C=O) groups excluding carboxylic acids is 2. The van der Waals surface area contributed by atoms with Crippen molar-refractivity contribution in [2.75, 3.05) is 11.9 Å². The summed E-state index contributed by atoms with van der Waals surface area (Å²) in [5.74, 6) is -1.30. The van der Waals surface area contributed by atoms with E-state index >= 15 is 0 Å². The van der Waals surface area contributed by atoms with Crippen molar-refractivity contribution in [3.05, 3.63) is 99.9 Å². The average molecular weight is 482 g/mol. The molecule has 36 heavy (non-hydrogen) atoms. The number of nitrogens with zero attached hydrogens (tertiary/aromatic N) is 1. The van der Waals surface area contributed by atoms with Crippen molar-refractivity contribution in [2.24, 2.45) is 0 Å². The zero-order chi connectivity index (χ0) is 25.2. The van der Waals surface area contributed by atoms with Crippen molar-refractivity contribution >= 4 is 39.8 Å². The van der Waals surface area contributed by atoms with E-state index in [0.29, 0.717) is 33.6 Å². The summed E-state index contributed by atoms with van der Waals surface area (Å²) in [5.41, 5.74) is 2.20. The first kappa shape index (κ1) is 22.9. The predicted molar refractivity (Wildman–Crippen MR) is 135 cm³/mol. The molecule has 9 heteroatoms. The van der Waals surface area contributed by atoms with Gasteiger partial charge in [0.15, 0.2) is 0 Å². The molecular weight excluding hydrogens is 460 g/mol. The second-order valence-electron chi connectivity index (χ2n) is 8.33. The number of para-hydroxylation sites is 3. The highest BCUT2D eigenvalue weighted by Crippen LogP contribution is 2.34. The highest BCUT2D eigenvalue weighted by Gasteiger charge is 2.22. The van der Waals surface area contributed by atoms with Crippen LogP contribution in [0.4, 0.5) is 5.95 Å². The minimum absolute atomic E-state index is 0.108. The van der Waals surface area contributed by atoms with Gasteiger partial charge in [-0.1, -0.05) is 43.3 Å². The van der Waals surface area contributed by atoms with Gasteiger partial charge in [0, 0.05) is 11.5 Å². The highest BCUT2D eigenvalue weighted by atomic mass is 16.4. The Morgan fingerprint density at radius 2 is 1.83 bits per heavy atom. The van der Waals surface area contributed by atoms with Crippen LogP contribution in [0.3, 0.4) is 0 Å². The number of anilines is 1. The van der Waals surface area contributed by atoms with Crippen LogP contribution >= 0.6 is 0 Å². The van der Waals surface area contributed by atoms with Gasteiger partial charge < -0.3 is 19.8 Å². The van der Waals surface area contributed by atoms with Crippen LogP contribution in [0, 0.1) is 0 Å². The third kappa shape index (κ3) is 4.41. The van der Waals surface area contributed by atoms with E-state index in [9.17, 15) is 19.5 Å². The summed E-state index contributed by atoms with van der Waals surface area (Å²) in [5, 5.41) is 16.4. The molecule has 1 atom stereocenters. The highest BCUT2D eigenvalue weighted by molar-refractivity contribution is 5.99. The lowest BCUT2D eigenvalue weighted by Crippen LogP contribution is -2.33. The number of fused-ring (bicyclic) bond motifs is 2. The number of aromatic amines is 1. The van der Waals surface area contributed by atoms with E-state index in [1.165, 1.54) is 0 Å². The lowest BCUT2D eigenvalue weighted by molar-refractivity contribution is -0.115. The molecule has 0 aliphatic heterocycles. The fraction of sp³-hybridized carbons (Fsp3) is 0.111. The Morgan fingerprint density at radius 1 is 1.06 bits per heavy atom. The van der Waals surface area contributed by atoms with Gasteiger partial charge in [0.25, 0.3) is 5.91 Å². The maximum Gasteiger partial charge on any atom is 0.343 e. The average Bonchev–Trinajstić information content (AvgIpc) is 3.29. The quantitative estimate of drug-likeness (QED) is 0.271. The molecule has 5 aromatic rings. The SMILES string of the molecule is CC(c1cccc(C(=O)NCC(=O)Nc2nc3ccccc3[nH]2)c1)c1c(O)c2ccccc2oc1=O. The molecule has 2 heterocycles. The maximum atomic E-state index is 12.7. The van der Waals surface area contributed by atoms with Crippen LogP contribution in [-0.4, -0.2) is 33.4 Å². The van der Waals surface area contributed by atoms with Gasteiger partial charge in [-0.15, -0.1) is 0 Å². The van der Waals surface area contributed by atoms with E-state index in [1.54, 1.807) is 55.5 Å². The lowest BCUT2D eigenvalue weighted by atomic mass is 9.91. The summed E-state index contributed by atoms with van der Waals surface area (Å²) in [6.45, 7) is 1.49. The van der Waals surface area contributed by atoms with Gasteiger partial charge in [-0.05, 0) is 42.0 Å². The normalized spacial score (nSPS) is 11.9. The zero-order valence-electron chi connectivity index (χ0n) is 19.2. The van der Waals surface area contributed by atoms with Crippen molar-refractivity contribution < 1.29 is 19.1 Å². The molecule has 0 aliphatic carbocycles. The summed E-state index contributed by atoms with van der Waals surface area (Å²) < 4.78 is 5.38. The number of aromatic hydroxyl groups is 1. The van der Waals surface area contributed by atoms with E-state index in [4.69, 9.17) is 4.42 Å². The Hall–Kier alpha value is -4.92. The summed E-state index contributed by atoms with van der Waals surface area (Å²) >= 11 is 0. The van der Waals surface area contributed by atoms with Gasteiger partial charge in [0.05, 0.1) is 28.5 Å². The number of hydrogen-bond acceptors (Lipinski definition) is 6. The van der Waals surface area contributed by atoms with E-state index in [1.807, 2.05) is 24.3 Å². The van der Waals surface area contributed by atoms with Crippen LogP contribution in [0.15, 0.2) is 82.0 Å². The maximum absolute atomic E-state index is 12.7. The third-order valence-corrected chi connectivity index (χ3v) is 5.96. The monoisotopic (exact) mass is 482 g/mol. The van der Waals surface area contributed by atoms with Crippen molar-refractivity contribution in [3.8, 4) is 5.75 Å². The van der Waals surface area contributed by atoms with Gasteiger partial charge >= 0.3 is 5.63 Å². The smallest absolute Gasteiger partial charge is 0.343 e. The second-order valence-corrected chi connectivity index (χ2v) is 8.33. The Balaban J connectivity index is 1.29. The van der Waals surface area contributed by atoms with Gasteiger partial charge in [-0.25, -0.2) is 9.78 Å². The minimum Gasteiger partial charge on any atom is -0.507 e. The first-order valence-electron chi connectivity index (χ1n) is 11.3. The molecule has 180 valence electrons. The number of aromatic nitrogens is 2. The summed E-state index contributed by atoms with van der Waals surface area (Å²) in [7, 11) is 0. The molecule has 0 saturated heterocycles. The van der Waals surface area contributed by atoms with Crippen LogP contribution in [0.1, 0.15) is 34.3 Å². The van der Waals surface area contributed by atoms with Crippen molar-refractivity contribution in [1.29, 1.82) is 0 Å². The number of rotatable bonds is 6. The first-order chi connectivity index (χ1) is 17.4. The lowest BCUT2D eigenvalue weighted by Gasteiger charge is -2.15. The standard InChI is InChI=1S/C27H22N4O5/c1-15(23-24(33)18-9-2-5-12-21(18)36-26(23)35)16-7-6-8-17(13-16)25(34)28-14-22(32)31-27-29-19-10-3-4-11-20(19)30-27/h2-13,15,33H,14H2,1H3,(H,28,34)(H2,29,30,31,32). The van der Waals surface area contributed by atoms with Crippen LogP contribution in [0.25, 0.3) is 22.0 Å². The molecule has 0 fully saturated rings. The summed E-state index contributed by atoms with van der Waals surface area (Å²) in [4.78, 5) is 44.9. The number of carbonyl (C=O) groups is 2. The molecule has 0 bridgehead atoms. The first-order valence-corrected chi connectivity index (χ1v) is 11.3. The van der Waals surface area contributed by atoms with Crippen molar-refractivity contribution in [3.63, 3.8) is 0 Å². The topological polar surface area (TPSA) is 137 Å². The third-order valence-electron chi connectivity index (χ3n) is 5.96. The number of H-pyrrole nitrogens is 1. The molecular formula is C27H22N4O5. The van der Waals surface area contributed by atoms with Crippen molar-refractivity contribution in [1.82, 2.24) is 15.3 Å². The van der Waals surface area contributed by atoms with Gasteiger partial charge in [-0.2, -0.15) is 0 Å². The second kappa shape index (κ2) is 9.38. The summed E-state index contributed by atoms with van der Waals surface area (Å²) in [6, 6.07) is 20.7. The van der Waals surface area contributed by atoms with Crippen LogP contribution < -0.4 is 16.3 Å². The Kier molecular flexibility index (Phi) is 5.95. The molecule has 0 saturated carbocycles. The van der Waals surface area contributed by atoms with E-state index in [-0.39, 0.29) is 17.9 Å². The fourth-order valence-corrected chi connectivity index (χ4v) is 4.10. The summed E-state index contributed by atoms with van der Waals surface area (Å²) in [6.07, 6.45) is 0. The van der Waals surface area contributed by atoms with E-state index in [2.05, 4.69) is 20.6 Å². The zero-order valence-corrected chi connectivity index (χ0v) is 19.2. The Morgan fingerprint density at radius 3 is 2.67 bits per heavy atom. The molecule has 0 spiro atoms. The number of benzene rings is 3. The molecule has 4 N–H and O–H groups in total. The molecule has 9 nitrogen and oxygen atoms in total. The number of imidazole rings is 1. The number of amides is 2. The number of nitrogens with one attached hydrogen (secondary N) is 3. The van der Waals surface area contributed by atoms with E-state index < -0.39 is 23.4 Å². The van der Waals surface area contributed by atoms with Crippen LogP contribution in [0.5, 0.6) is 5.75 Å². The van der Waals surface area contributed by atoms with Gasteiger partial charge in [-0.3, -0.25) is 14.9 Å². The van der Waals surface area contributed by atoms with Gasteiger partial charge in [0.1, 0.15) is 11.3 Å². The molecule has 2 aromatic heterocycles. The molecule has 0 aliphatic rings. The van der Waals surface area contributed by atoms with Crippen LogP contribution in [0.2, 0.25) is 0 Å².